The Kier molecular flexibility index (Phi) is 6.03. The van der Waals surface area contributed by atoms with Crippen molar-refractivity contribution in [1.82, 2.24) is 19.7 Å². The molecule has 0 unspecified atom stereocenters. The van der Waals surface area contributed by atoms with Gasteiger partial charge >= 0.3 is 0 Å². The zero-order chi connectivity index (χ0) is 12.7. The van der Waals surface area contributed by atoms with Crippen LogP contribution in [0.15, 0.2) is 6.33 Å². The van der Waals surface area contributed by atoms with Crippen LogP contribution in [0.25, 0.3) is 0 Å². The fourth-order valence-electron chi connectivity index (χ4n) is 1.42. The normalized spacial score (nSPS) is 11.0. The first-order valence-corrected chi connectivity index (χ1v) is 5.86. The van der Waals surface area contributed by atoms with Crippen LogP contribution in [0.4, 0.5) is 0 Å². The number of nitrogens with zero attached hydrogens (tertiary/aromatic N) is 4. The fraction of sp³-hybridized carbons (Fsp3) is 0.700. The van der Waals surface area contributed by atoms with Gasteiger partial charge in [-0.15, -0.1) is 0 Å². The summed E-state index contributed by atoms with van der Waals surface area (Å²) in [6.45, 7) is 3.04. The minimum atomic E-state index is 0.533. The van der Waals surface area contributed by atoms with E-state index >= 15 is 0 Å². The second-order valence-electron chi connectivity index (χ2n) is 3.79. The highest BCUT2D eigenvalue weighted by molar-refractivity contribution is 7.80. The molecule has 0 saturated heterocycles. The van der Waals surface area contributed by atoms with Crippen molar-refractivity contribution in [2.24, 2.45) is 12.8 Å². The molecule has 0 aliphatic rings. The lowest BCUT2D eigenvalue weighted by molar-refractivity contribution is 0.143. The number of rotatable bonds is 8. The summed E-state index contributed by atoms with van der Waals surface area (Å²) in [6.07, 6.45) is 2.26. The van der Waals surface area contributed by atoms with Gasteiger partial charge in [-0.25, -0.2) is 4.98 Å². The summed E-state index contributed by atoms with van der Waals surface area (Å²) in [5.74, 6) is 0.920. The summed E-state index contributed by atoms with van der Waals surface area (Å²) in [7, 11) is 3.57. The van der Waals surface area contributed by atoms with Gasteiger partial charge in [0.1, 0.15) is 12.2 Å². The number of ether oxygens (including phenoxy) is 1. The molecule has 0 aliphatic carbocycles. The summed E-state index contributed by atoms with van der Waals surface area (Å²) >= 11 is 4.89. The number of aromatic nitrogens is 3. The molecule has 0 atom stereocenters. The van der Waals surface area contributed by atoms with Crippen LogP contribution >= 0.6 is 12.2 Å². The molecule has 0 aliphatic heterocycles. The molecule has 0 saturated carbocycles. The molecular formula is C10H19N5OS. The molecule has 96 valence electrons. The molecule has 17 heavy (non-hydrogen) atoms. The number of hydrogen-bond donors (Lipinski definition) is 1. The quantitative estimate of drug-likeness (QED) is 0.658. The van der Waals surface area contributed by atoms with Gasteiger partial charge < -0.3 is 10.5 Å². The number of methoxy groups -OCH3 is 1. The minimum absolute atomic E-state index is 0.533. The Balaban J connectivity index is 2.50. The predicted molar refractivity (Wildman–Crippen MR) is 69.6 cm³/mol. The van der Waals surface area contributed by atoms with E-state index in [2.05, 4.69) is 15.0 Å². The topological polar surface area (TPSA) is 69.2 Å². The first-order chi connectivity index (χ1) is 8.13. The number of hydrogen-bond acceptors (Lipinski definition) is 5. The van der Waals surface area contributed by atoms with E-state index in [4.69, 9.17) is 22.7 Å². The molecule has 7 heteroatoms. The van der Waals surface area contributed by atoms with E-state index in [9.17, 15) is 0 Å². The van der Waals surface area contributed by atoms with Crippen LogP contribution < -0.4 is 5.73 Å². The SMILES string of the molecule is COCCN(CCC(N)=S)Cc1ncnn1C. The Morgan fingerprint density at radius 1 is 1.59 bits per heavy atom. The van der Waals surface area contributed by atoms with E-state index < -0.39 is 0 Å². The molecule has 1 rings (SSSR count). The van der Waals surface area contributed by atoms with Gasteiger partial charge in [0.25, 0.3) is 0 Å². The first-order valence-electron chi connectivity index (χ1n) is 5.46. The highest BCUT2D eigenvalue weighted by Crippen LogP contribution is 2.01. The molecule has 0 aromatic carbocycles. The van der Waals surface area contributed by atoms with Crippen LogP contribution in [0, 0.1) is 0 Å². The lowest BCUT2D eigenvalue weighted by Gasteiger charge is -2.20. The largest absolute Gasteiger partial charge is 0.393 e. The average Bonchev–Trinajstić information content (AvgIpc) is 2.68. The zero-order valence-corrected chi connectivity index (χ0v) is 11.1. The van der Waals surface area contributed by atoms with Gasteiger partial charge in [-0.3, -0.25) is 9.58 Å². The van der Waals surface area contributed by atoms with Crippen molar-refractivity contribution in [3.63, 3.8) is 0 Å². The van der Waals surface area contributed by atoms with Gasteiger partial charge in [-0.1, -0.05) is 12.2 Å². The average molecular weight is 257 g/mol. The lowest BCUT2D eigenvalue weighted by Crippen LogP contribution is -2.31. The molecule has 1 heterocycles. The van der Waals surface area contributed by atoms with Crippen molar-refractivity contribution in [3.8, 4) is 0 Å². The van der Waals surface area contributed by atoms with Crippen molar-refractivity contribution >= 4 is 17.2 Å². The molecule has 1 aromatic heterocycles. The number of aryl methyl sites for hydroxylation is 1. The third-order valence-corrected chi connectivity index (χ3v) is 2.66. The van der Waals surface area contributed by atoms with E-state index in [0.29, 0.717) is 18.0 Å². The maximum atomic E-state index is 5.51. The van der Waals surface area contributed by atoms with Crippen molar-refractivity contribution < 1.29 is 4.74 Å². The van der Waals surface area contributed by atoms with E-state index in [0.717, 1.165) is 25.5 Å². The Labute approximate surface area is 107 Å². The Bertz CT molecular complexity index is 354. The lowest BCUT2D eigenvalue weighted by atomic mass is 10.3. The smallest absolute Gasteiger partial charge is 0.140 e. The summed E-state index contributed by atoms with van der Waals surface area (Å²) in [6, 6.07) is 0. The third-order valence-electron chi connectivity index (χ3n) is 2.46. The van der Waals surface area contributed by atoms with E-state index in [1.165, 1.54) is 0 Å². The first kappa shape index (κ1) is 14.0. The molecule has 0 bridgehead atoms. The molecule has 2 N–H and O–H groups in total. The Morgan fingerprint density at radius 3 is 2.88 bits per heavy atom. The summed E-state index contributed by atoms with van der Waals surface area (Å²) in [4.78, 5) is 6.93. The minimum Gasteiger partial charge on any atom is -0.393 e. The highest BCUT2D eigenvalue weighted by Gasteiger charge is 2.09. The van der Waals surface area contributed by atoms with Crippen LogP contribution in [-0.4, -0.2) is 51.5 Å². The number of nitrogens with two attached hydrogens (primary N) is 1. The van der Waals surface area contributed by atoms with Gasteiger partial charge in [0.2, 0.25) is 0 Å². The van der Waals surface area contributed by atoms with Crippen LogP contribution in [0.1, 0.15) is 12.2 Å². The second-order valence-corrected chi connectivity index (χ2v) is 4.31. The van der Waals surface area contributed by atoms with Crippen LogP contribution in [0.3, 0.4) is 0 Å². The zero-order valence-electron chi connectivity index (χ0n) is 10.3. The third kappa shape index (κ3) is 5.20. The Hall–Kier alpha value is -1.05. The van der Waals surface area contributed by atoms with Crippen LogP contribution in [0.2, 0.25) is 0 Å². The van der Waals surface area contributed by atoms with Gasteiger partial charge in [-0.05, 0) is 0 Å². The summed E-state index contributed by atoms with van der Waals surface area (Å²) < 4.78 is 6.84. The van der Waals surface area contributed by atoms with Gasteiger partial charge in [0.05, 0.1) is 18.1 Å². The molecule has 0 radical (unpaired) electrons. The van der Waals surface area contributed by atoms with E-state index in [-0.39, 0.29) is 0 Å². The van der Waals surface area contributed by atoms with E-state index in [1.807, 2.05) is 7.05 Å². The second kappa shape index (κ2) is 7.31. The molecule has 0 amide bonds. The molecule has 0 fully saturated rings. The summed E-state index contributed by atoms with van der Waals surface area (Å²) in [5, 5.41) is 4.04. The maximum Gasteiger partial charge on any atom is 0.140 e. The van der Waals surface area contributed by atoms with E-state index in [1.54, 1.807) is 18.1 Å². The predicted octanol–water partition coefficient (Wildman–Crippen LogP) is -0.0603. The van der Waals surface area contributed by atoms with Crippen LogP contribution in [-0.2, 0) is 18.3 Å². The monoisotopic (exact) mass is 257 g/mol. The number of thiocarbonyl (C=S) groups is 1. The fourth-order valence-corrected chi connectivity index (χ4v) is 1.51. The van der Waals surface area contributed by atoms with Crippen molar-refractivity contribution in [2.45, 2.75) is 13.0 Å². The molecule has 1 aromatic rings. The van der Waals surface area contributed by atoms with Crippen LogP contribution in [0.5, 0.6) is 0 Å². The molecule has 0 spiro atoms. The van der Waals surface area contributed by atoms with Gasteiger partial charge in [0, 0.05) is 33.7 Å². The van der Waals surface area contributed by atoms with Crippen molar-refractivity contribution in [1.29, 1.82) is 0 Å². The van der Waals surface area contributed by atoms with Gasteiger partial charge in [-0.2, -0.15) is 5.10 Å². The maximum absolute atomic E-state index is 5.51. The summed E-state index contributed by atoms with van der Waals surface area (Å²) in [5.41, 5.74) is 5.51. The Morgan fingerprint density at radius 2 is 2.35 bits per heavy atom. The highest BCUT2D eigenvalue weighted by atomic mass is 32.1. The molecule has 6 nitrogen and oxygen atoms in total. The van der Waals surface area contributed by atoms with Crippen molar-refractivity contribution in [3.05, 3.63) is 12.2 Å². The standard InChI is InChI=1S/C10H19N5OS/c1-14-10(12-8-13-14)7-15(5-6-16-2)4-3-9(11)17/h8H,3-7H2,1-2H3,(H2,11,17). The van der Waals surface area contributed by atoms with Gasteiger partial charge in [0.15, 0.2) is 0 Å². The van der Waals surface area contributed by atoms with Crippen molar-refractivity contribution in [2.75, 3.05) is 26.8 Å². The molecular weight excluding hydrogens is 238 g/mol.